The fraction of sp³-hybridized carbons (Fsp3) is 0.467. The number of aryl methyl sites for hydroxylation is 1. The number of aromatic nitrogens is 4. The smallest absolute Gasteiger partial charge is 0.199 e. The molecular formula is C15H21N5. The number of hydrogen-bond donors (Lipinski definition) is 1. The van der Waals surface area contributed by atoms with E-state index in [-0.39, 0.29) is 5.41 Å². The summed E-state index contributed by atoms with van der Waals surface area (Å²) < 4.78 is 0. The molecule has 2 heterocycles. The van der Waals surface area contributed by atoms with Gasteiger partial charge in [0, 0.05) is 30.4 Å². The molecule has 0 spiro atoms. The van der Waals surface area contributed by atoms with Gasteiger partial charge in [-0.1, -0.05) is 20.8 Å². The molecule has 0 saturated heterocycles. The summed E-state index contributed by atoms with van der Waals surface area (Å²) >= 11 is 0. The summed E-state index contributed by atoms with van der Waals surface area (Å²) in [6.45, 7) is 11.2. The SMILES string of the molecule is CCNc1cc(C(C)(C)C)nc(-c2ncc(C)cn2)n1. The summed E-state index contributed by atoms with van der Waals surface area (Å²) in [6, 6.07) is 1.99. The predicted molar refractivity (Wildman–Crippen MR) is 80.7 cm³/mol. The average Bonchev–Trinajstić information content (AvgIpc) is 2.38. The Balaban J connectivity index is 2.51. The predicted octanol–water partition coefficient (Wildman–Crippen LogP) is 2.97. The van der Waals surface area contributed by atoms with Crippen LogP contribution in [0.3, 0.4) is 0 Å². The molecule has 1 N–H and O–H groups in total. The number of hydrogen-bond acceptors (Lipinski definition) is 5. The Morgan fingerprint density at radius 3 is 2.25 bits per heavy atom. The zero-order valence-electron chi connectivity index (χ0n) is 12.7. The van der Waals surface area contributed by atoms with Crippen LogP contribution < -0.4 is 5.32 Å². The Kier molecular flexibility index (Phi) is 3.97. The van der Waals surface area contributed by atoms with Gasteiger partial charge in [-0.3, -0.25) is 0 Å². The van der Waals surface area contributed by atoms with Gasteiger partial charge in [0.15, 0.2) is 11.6 Å². The van der Waals surface area contributed by atoms with Gasteiger partial charge in [0.25, 0.3) is 0 Å². The Labute approximate surface area is 119 Å². The molecule has 0 fully saturated rings. The van der Waals surface area contributed by atoms with E-state index in [1.807, 2.05) is 19.9 Å². The normalized spacial score (nSPS) is 11.4. The van der Waals surface area contributed by atoms with E-state index in [1.54, 1.807) is 12.4 Å². The van der Waals surface area contributed by atoms with E-state index in [4.69, 9.17) is 0 Å². The molecule has 2 aromatic heterocycles. The van der Waals surface area contributed by atoms with E-state index in [1.165, 1.54) is 0 Å². The minimum Gasteiger partial charge on any atom is -0.370 e. The summed E-state index contributed by atoms with van der Waals surface area (Å²) in [7, 11) is 0. The maximum absolute atomic E-state index is 4.61. The number of nitrogens with one attached hydrogen (secondary N) is 1. The van der Waals surface area contributed by atoms with Crippen LogP contribution in [-0.2, 0) is 5.41 Å². The lowest BCUT2D eigenvalue weighted by Gasteiger charge is -2.19. The molecule has 0 amide bonds. The van der Waals surface area contributed by atoms with Gasteiger partial charge in [-0.2, -0.15) is 0 Å². The Hall–Kier alpha value is -2.04. The van der Waals surface area contributed by atoms with E-state index in [0.717, 1.165) is 23.6 Å². The lowest BCUT2D eigenvalue weighted by Crippen LogP contribution is -2.16. The van der Waals surface area contributed by atoms with Gasteiger partial charge in [-0.05, 0) is 19.4 Å². The van der Waals surface area contributed by atoms with Crippen LogP contribution in [0.2, 0.25) is 0 Å². The molecule has 5 heteroatoms. The first-order chi connectivity index (χ1) is 9.40. The molecule has 0 atom stereocenters. The minimum absolute atomic E-state index is 0.0490. The second kappa shape index (κ2) is 5.53. The van der Waals surface area contributed by atoms with Crippen molar-refractivity contribution in [2.45, 2.75) is 40.0 Å². The highest BCUT2D eigenvalue weighted by Gasteiger charge is 2.19. The van der Waals surface area contributed by atoms with Crippen LogP contribution in [0, 0.1) is 6.92 Å². The molecular weight excluding hydrogens is 250 g/mol. The highest BCUT2D eigenvalue weighted by atomic mass is 15.1. The molecule has 20 heavy (non-hydrogen) atoms. The van der Waals surface area contributed by atoms with Crippen LogP contribution in [0.5, 0.6) is 0 Å². The largest absolute Gasteiger partial charge is 0.370 e. The molecule has 0 unspecified atom stereocenters. The number of rotatable bonds is 3. The lowest BCUT2D eigenvalue weighted by atomic mass is 9.92. The molecule has 106 valence electrons. The highest BCUT2D eigenvalue weighted by molar-refractivity contribution is 5.50. The summed E-state index contributed by atoms with van der Waals surface area (Å²) in [5.74, 6) is 1.93. The molecule has 0 radical (unpaired) electrons. The summed E-state index contributed by atoms with van der Waals surface area (Å²) in [5.41, 5.74) is 1.95. The van der Waals surface area contributed by atoms with Crippen LogP contribution in [0.15, 0.2) is 18.5 Å². The first-order valence-electron chi connectivity index (χ1n) is 6.82. The van der Waals surface area contributed by atoms with Crippen LogP contribution in [-0.4, -0.2) is 26.5 Å². The van der Waals surface area contributed by atoms with Crippen molar-refractivity contribution in [3.8, 4) is 11.6 Å². The fourth-order valence-electron chi connectivity index (χ4n) is 1.71. The van der Waals surface area contributed by atoms with Crippen molar-refractivity contribution in [3.05, 3.63) is 29.7 Å². The maximum atomic E-state index is 4.61. The molecule has 2 aromatic rings. The Morgan fingerprint density at radius 1 is 1.05 bits per heavy atom. The molecule has 5 nitrogen and oxygen atoms in total. The lowest BCUT2D eigenvalue weighted by molar-refractivity contribution is 0.568. The van der Waals surface area contributed by atoms with Crippen molar-refractivity contribution in [3.63, 3.8) is 0 Å². The topological polar surface area (TPSA) is 63.6 Å². The first kappa shape index (κ1) is 14.4. The third-order valence-corrected chi connectivity index (χ3v) is 2.83. The Bertz CT molecular complexity index is 584. The van der Waals surface area contributed by atoms with Crippen molar-refractivity contribution in [2.24, 2.45) is 0 Å². The van der Waals surface area contributed by atoms with E-state index in [0.29, 0.717) is 11.6 Å². The van der Waals surface area contributed by atoms with Crippen LogP contribution in [0.1, 0.15) is 39.0 Å². The van der Waals surface area contributed by atoms with Gasteiger partial charge < -0.3 is 5.32 Å². The molecule has 0 aliphatic heterocycles. The van der Waals surface area contributed by atoms with Crippen molar-refractivity contribution in [1.82, 2.24) is 19.9 Å². The van der Waals surface area contributed by atoms with Gasteiger partial charge in [0.2, 0.25) is 0 Å². The Morgan fingerprint density at radius 2 is 1.70 bits per heavy atom. The number of anilines is 1. The van der Waals surface area contributed by atoms with Crippen molar-refractivity contribution in [2.75, 3.05) is 11.9 Å². The molecule has 0 bridgehead atoms. The van der Waals surface area contributed by atoms with Crippen molar-refractivity contribution < 1.29 is 0 Å². The monoisotopic (exact) mass is 271 g/mol. The summed E-state index contributed by atoms with van der Waals surface area (Å²) in [5, 5.41) is 3.23. The average molecular weight is 271 g/mol. The second-order valence-corrected chi connectivity index (χ2v) is 5.83. The van der Waals surface area contributed by atoms with Crippen molar-refractivity contribution >= 4 is 5.82 Å². The van der Waals surface area contributed by atoms with Gasteiger partial charge in [-0.15, -0.1) is 0 Å². The van der Waals surface area contributed by atoms with Crippen LogP contribution >= 0.6 is 0 Å². The van der Waals surface area contributed by atoms with Gasteiger partial charge >= 0.3 is 0 Å². The molecule has 0 saturated carbocycles. The first-order valence-corrected chi connectivity index (χ1v) is 6.82. The third-order valence-electron chi connectivity index (χ3n) is 2.83. The third kappa shape index (κ3) is 3.29. The zero-order chi connectivity index (χ0) is 14.8. The van der Waals surface area contributed by atoms with Crippen LogP contribution in [0.25, 0.3) is 11.6 Å². The zero-order valence-corrected chi connectivity index (χ0v) is 12.7. The van der Waals surface area contributed by atoms with E-state index in [2.05, 4.69) is 46.0 Å². The quantitative estimate of drug-likeness (QED) is 0.929. The molecule has 0 aliphatic rings. The van der Waals surface area contributed by atoms with Gasteiger partial charge in [0.1, 0.15) is 5.82 Å². The number of nitrogens with zero attached hydrogens (tertiary/aromatic N) is 4. The molecule has 0 aliphatic carbocycles. The van der Waals surface area contributed by atoms with Gasteiger partial charge in [0.05, 0.1) is 5.69 Å². The van der Waals surface area contributed by atoms with E-state index >= 15 is 0 Å². The minimum atomic E-state index is -0.0490. The second-order valence-electron chi connectivity index (χ2n) is 5.83. The van der Waals surface area contributed by atoms with E-state index in [9.17, 15) is 0 Å². The molecule has 0 aromatic carbocycles. The highest BCUT2D eigenvalue weighted by Crippen LogP contribution is 2.24. The van der Waals surface area contributed by atoms with E-state index < -0.39 is 0 Å². The summed E-state index contributed by atoms with van der Waals surface area (Å²) in [6.07, 6.45) is 3.56. The van der Waals surface area contributed by atoms with Crippen molar-refractivity contribution in [1.29, 1.82) is 0 Å². The molecule has 2 rings (SSSR count). The van der Waals surface area contributed by atoms with Crippen LogP contribution in [0.4, 0.5) is 5.82 Å². The fourth-order valence-corrected chi connectivity index (χ4v) is 1.71. The van der Waals surface area contributed by atoms with Gasteiger partial charge in [-0.25, -0.2) is 19.9 Å². The summed E-state index contributed by atoms with van der Waals surface area (Å²) in [4.78, 5) is 17.7. The maximum Gasteiger partial charge on any atom is 0.199 e. The standard InChI is InChI=1S/C15H21N5/c1-6-16-12-7-11(15(3,4)5)19-14(20-12)13-17-8-10(2)9-18-13/h7-9H,6H2,1-5H3,(H,16,19,20).